The van der Waals surface area contributed by atoms with Crippen LogP contribution in [-0.2, 0) is 12.5 Å². The highest BCUT2D eigenvalue weighted by molar-refractivity contribution is 6.42. The fourth-order valence-corrected chi connectivity index (χ4v) is 4.56. The summed E-state index contributed by atoms with van der Waals surface area (Å²) < 4.78 is 84.8. The maximum Gasteiger partial charge on any atom is 0.459 e. The smallest absolute Gasteiger partial charge is 0.317 e. The zero-order valence-electron chi connectivity index (χ0n) is 21.6. The molecule has 3 aromatic heterocycles. The van der Waals surface area contributed by atoms with Crippen molar-refractivity contribution in [3.63, 3.8) is 0 Å². The van der Waals surface area contributed by atoms with Gasteiger partial charge in [0.1, 0.15) is 11.5 Å². The van der Waals surface area contributed by atoms with Crippen molar-refractivity contribution in [2.75, 3.05) is 5.32 Å². The van der Waals surface area contributed by atoms with Crippen LogP contribution in [0.2, 0.25) is 10.0 Å². The lowest BCUT2D eigenvalue weighted by molar-refractivity contribution is -0.291. The van der Waals surface area contributed by atoms with Crippen LogP contribution in [0, 0.1) is 19.7 Å². The summed E-state index contributed by atoms with van der Waals surface area (Å²) in [6.45, 7) is 3.57. The van der Waals surface area contributed by atoms with Gasteiger partial charge in [0, 0.05) is 11.6 Å². The number of carbonyl (C=O) groups excluding carboxylic acids is 1. The van der Waals surface area contributed by atoms with Crippen molar-refractivity contribution < 1.29 is 31.1 Å². The summed E-state index contributed by atoms with van der Waals surface area (Å²) in [5, 5.41) is 11.5. The normalized spacial score (nSPS) is 12.2. The molecule has 0 saturated heterocycles. The predicted molar refractivity (Wildman–Crippen MR) is 144 cm³/mol. The lowest BCUT2D eigenvalue weighted by Gasteiger charge is -2.21. The Morgan fingerprint density at radius 1 is 0.929 bits per heavy atom. The van der Waals surface area contributed by atoms with E-state index in [-0.39, 0.29) is 28.0 Å². The van der Waals surface area contributed by atoms with Gasteiger partial charge >= 0.3 is 12.1 Å². The third-order valence-electron chi connectivity index (χ3n) is 6.41. The number of amides is 1. The quantitative estimate of drug-likeness (QED) is 0.197. The van der Waals surface area contributed by atoms with E-state index in [2.05, 4.69) is 20.5 Å². The maximum atomic E-state index is 14.6. The van der Waals surface area contributed by atoms with E-state index in [4.69, 9.17) is 23.2 Å². The second-order valence-electron chi connectivity index (χ2n) is 9.31. The predicted octanol–water partition coefficient (Wildman–Crippen LogP) is 7.61. The SMILES string of the molecule is Cc1nn(Cc2ccc(Cl)c(Cl)c2)c(C)c1NC(=O)c1cc2nc(-c3ccc(F)cc3)cc(C(F)(F)C(F)(F)F)n2n1. The first-order valence-corrected chi connectivity index (χ1v) is 12.8. The molecule has 0 atom stereocenters. The molecule has 42 heavy (non-hydrogen) atoms. The fourth-order valence-electron chi connectivity index (χ4n) is 4.24. The van der Waals surface area contributed by atoms with Crippen molar-refractivity contribution in [1.82, 2.24) is 24.4 Å². The zero-order chi connectivity index (χ0) is 30.6. The molecule has 0 aliphatic heterocycles. The highest BCUT2D eigenvalue weighted by Crippen LogP contribution is 2.44. The molecule has 0 aliphatic rings. The summed E-state index contributed by atoms with van der Waals surface area (Å²) in [5.41, 5.74) is -0.733. The lowest BCUT2D eigenvalue weighted by Crippen LogP contribution is -2.36. The van der Waals surface area contributed by atoms with Gasteiger partial charge in [-0.05, 0) is 61.9 Å². The molecule has 7 nitrogen and oxygen atoms in total. The first-order chi connectivity index (χ1) is 19.7. The number of nitrogens with one attached hydrogen (secondary N) is 1. The van der Waals surface area contributed by atoms with Crippen molar-refractivity contribution in [2.45, 2.75) is 32.5 Å². The zero-order valence-corrected chi connectivity index (χ0v) is 23.1. The van der Waals surface area contributed by atoms with Gasteiger partial charge in [-0.1, -0.05) is 29.3 Å². The Balaban J connectivity index is 1.52. The molecular weight excluding hydrogens is 609 g/mol. The van der Waals surface area contributed by atoms with Crippen molar-refractivity contribution in [3.8, 4) is 11.3 Å². The number of alkyl halides is 5. The van der Waals surface area contributed by atoms with E-state index in [0.717, 1.165) is 23.8 Å². The molecule has 2 aromatic carbocycles. The van der Waals surface area contributed by atoms with E-state index in [9.17, 15) is 31.1 Å². The summed E-state index contributed by atoms with van der Waals surface area (Å²) >= 11 is 12.1. The second-order valence-corrected chi connectivity index (χ2v) is 10.1. The van der Waals surface area contributed by atoms with E-state index in [1.165, 1.54) is 12.1 Å². The van der Waals surface area contributed by atoms with Crippen LogP contribution in [0.3, 0.4) is 0 Å². The molecule has 5 aromatic rings. The number of nitrogens with zero attached hydrogens (tertiary/aromatic N) is 5. The van der Waals surface area contributed by atoms with Crippen LogP contribution >= 0.6 is 23.2 Å². The van der Waals surface area contributed by atoms with Crippen molar-refractivity contribution >= 4 is 40.4 Å². The second kappa shape index (κ2) is 10.6. The number of fused-ring (bicyclic) bond motifs is 1. The topological polar surface area (TPSA) is 77.1 Å². The molecule has 0 unspecified atom stereocenters. The molecule has 0 spiro atoms. The van der Waals surface area contributed by atoms with Crippen LogP contribution in [0.1, 0.15) is 33.1 Å². The number of aryl methyl sites for hydroxylation is 1. The van der Waals surface area contributed by atoms with E-state index in [0.29, 0.717) is 27.5 Å². The number of hydrogen-bond donors (Lipinski definition) is 1. The first kappa shape index (κ1) is 29.4. The molecule has 0 fully saturated rings. The summed E-state index contributed by atoms with van der Waals surface area (Å²) in [7, 11) is 0. The Bertz CT molecular complexity index is 1830. The molecule has 0 bridgehead atoms. The number of halogens is 8. The monoisotopic (exact) mass is 626 g/mol. The summed E-state index contributed by atoms with van der Waals surface area (Å²) in [6.07, 6.45) is -5.98. The number of aromatic nitrogens is 5. The fraction of sp³-hybridized carbons (Fsp3) is 0.185. The Morgan fingerprint density at radius 3 is 2.26 bits per heavy atom. The Kier molecular flexibility index (Phi) is 7.44. The van der Waals surface area contributed by atoms with Crippen molar-refractivity contribution in [2.24, 2.45) is 0 Å². The molecule has 15 heteroatoms. The number of anilines is 1. The largest absolute Gasteiger partial charge is 0.459 e. The van der Waals surface area contributed by atoms with Gasteiger partial charge in [0.25, 0.3) is 5.91 Å². The molecule has 0 saturated carbocycles. The third-order valence-corrected chi connectivity index (χ3v) is 7.15. The maximum absolute atomic E-state index is 14.6. The van der Waals surface area contributed by atoms with E-state index < -0.39 is 40.9 Å². The average molecular weight is 627 g/mol. The van der Waals surface area contributed by atoms with Gasteiger partial charge < -0.3 is 5.32 Å². The van der Waals surface area contributed by atoms with E-state index in [1.54, 1.807) is 36.7 Å². The van der Waals surface area contributed by atoms with Crippen LogP contribution in [0.5, 0.6) is 0 Å². The number of carbonyl (C=O) groups is 1. The van der Waals surface area contributed by atoms with Gasteiger partial charge in [0.15, 0.2) is 11.3 Å². The number of rotatable bonds is 6. The van der Waals surface area contributed by atoms with Gasteiger partial charge in [0.05, 0.1) is 39.4 Å². The van der Waals surface area contributed by atoms with Crippen LogP contribution < -0.4 is 5.32 Å². The lowest BCUT2D eigenvalue weighted by atomic mass is 10.1. The highest BCUT2D eigenvalue weighted by atomic mass is 35.5. The molecule has 1 amide bonds. The van der Waals surface area contributed by atoms with E-state index in [1.807, 2.05) is 0 Å². The first-order valence-electron chi connectivity index (χ1n) is 12.1. The molecule has 1 N–H and O–H groups in total. The van der Waals surface area contributed by atoms with Gasteiger partial charge in [-0.25, -0.2) is 13.9 Å². The standard InChI is InChI=1S/C27H18Cl2F6N6O/c1-13-24(14(2)40(38-13)12-15-3-8-18(28)19(29)9-15)37-25(42)21-11-23-36-20(16-4-6-17(30)7-5-16)10-22(41(23)39-21)26(31,32)27(33,34)35/h3-11H,12H2,1-2H3,(H,37,42). The average Bonchev–Trinajstić information content (AvgIpc) is 3.46. The van der Waals surface area contributed by atoms with Gasteiger partial charge in [-0.2, -0.15) is 32.1 Å². The Morgan fingerprint density at radius 2 is 1.62 bits per heavy atom. The van der Waals surface area contributed by atoms with Crippen LogP contribution in [-0.4, -0.2) is 36.5 Å². The summed E-state index contributed by atoms with van der Waals surface area (Å²) in [5.74, 6) is -6.90. The number of benzene rings is 2. The van der Waals surface area contributed by atoms with Crippen molar-refractivity contribution in [3.05, 3.63) is 98.8 Å². The van der Waals surface area contributed by atoms with Gasteiger partial charge in [0.2, 0.25) is 0 Å². The van der Waals surface area contributed by atoms with Gasteiger partial charge in [-0.15, -0.1) is 0 Å². The van der Waals surface area contributed by atoms with Crippen LogP contribution in [0.25, 0.3) is 16.9 Å². The molecule has 3 heterocycles. The molecule has 0 aliphatic carbocycles. The van der Waals surface area contributed by atoms with Crippen LogP contribution in [0.4, 0.5) is 32.0 Å². The molecule has 218 valence electrons. The van der Waals surface area contributed by atoms with Crippen LogP contribution in [0.15, 0.2) is 54.6 Å². The summed E-state index contributed by atoms with van der Waals surface area (Å²) in [4.78, 5) is 17.3. The molecule has 0 radical (unpaired) electrons. The number of hydrogen-bond acceptors (Lipinski definition) is 4. The third kappa shape index (κ3) is 5.41. The minimum atomic E-state index is -5.98. The highest BCUT2D eigenvalue weighted by Gasteiger charge is 2.60. The van der Waals surface area contributed by atoms with E-state index >= 15 is 0 Å². The Labute approximate surface area is 243 Å². The van der Waals surface area contributed by atoms with Gasteiger partial charge in [-0.3, -0.25) is 9.48 Å². The summed E-state index contributed by atoms with van der Waals surface area (Å²) in [6, 6.07) is 10.9. The molecular formula is C27H18Cl2F6N6O. The minimum absolute atomic E-state index is 0.0750. The molecule has 5 rings (SSSR count). The Hall–Kier alpha value is -4.10. The van der Waals surface area contributed by atoms with Crippen molar-refractivity contribution in [1.29, 1.82) is 0 Å². The minimum Gasteiger partial charge on any atom is -0.317 e.